The molecule has 1 aromatic carbocycles. The Hall–Kier alpha value is -3.48. The maximum Gasteiger partial charge on any atom is 0.251 e. The molecule has 0 saturated heterocycles. The van der Waals surface area contributed by atoms with Gasteiger partial charge in [-0.1, -0.05) is 17.2 Å². The van der Waals surface area contributed by atoms with E-state index in [1.807, 2.05) is 64.1 Å². The van der Waals surface area contributed by atoms with Crippen LogP contribution in [-0.4, -0.2) is 33.9 Å². The molecule has 0 fully saturated rings. The highest BCUT2D eigenvalue weighted by Gasteiger charge is 2.07. The Labute approximate surface area is 171 Å². The van der Waals surface area contributed by atoms with Crippen LogP contribution in [0.5, 0.6) is 0 Å². The molecule has 3 rings (SSSR count). The van der Waals surface area contributed by atoms with Crippen LogP contribution in [0.3, 0.4) is 0 Å². The monoisotopic (exact) mass is 390 g/mol. The highest BCUT2D eigenvalue weighted by atomic mass is 16.1. The lowest BCUT2D eigenvalue weighted by molar-refractivity contribution is 0.0955. The van der Waals surface area contributed by atoms with E-state index < -0.39 is 0 Å². The molecule has 29 heavy (non-hydrogen) atoms. The number of nitrogens with one attached hydrogen (secondary N) is 3. The van der Waals surface area contributed by atoms with Crippen LogP contribution in [0.1, 0.15) is 32.9 Å². The van der Waals surface area contributed by atoms with Crippen molar-refractivity contribution in [1.29, 1.82) is 0 Å². The van der Waals surface area contributed by atoms with Crippen molar-refractivity contribution in [3.8, 4) is 0 Å². The molecule has 7 nitrogen and oxygen atoms in total. The Morgan fingerprint density at radius 2 is 1.55 bits per heavy atom. The van der Waals surface area contributed by atoms with Crippen molar-refractivity contribution in [1.82, 2.24) is 20.3 Å². The summed E-state index contributed by atoms with van der Waals surface area (Å²) >= 11 is 0. The highest BCUT2D eigenvalue weighted by molar-refractivity contribution is 5.94. The average Bonchev–Trinajstić information content (AvgIpc) is 2.64. The van der Waals surface area contributed by atoms with Crippen LogP contribution < -0.4 is 16.0 Å². The minimum absolute atomic E-state index is 0.0784. The molecule has 0 radical (unpaired) electrons. The molecule has 7 heteroatoms. The molecule has 1 amide bonds. The molecule has 0 aliphatic carbocycles. The number of benzene rings is 1. The van der Waals surface area contributed by atoms with Crippen LogP contribution in [0, 0.1) is 27.7 Å². The van der Waals surface area contributed by atoms with Gasteiger partial charge in [-0.3, -0.25) is 4.79 Å². The predicted octanol–water partition coefficient (Wildman–Crippen LogP) is 3.69. The Balaban J connectivity index is 1.55. The fourth-order valence-electron chi connectivity index (χ4n) is 3.03. The van der Waals surface area contributed by atoms with Crippen LogP contribution in [0.15, 0.2) is 42.6 Å². The first-order valence-electron chi connectivity index (χ1n) is 9.55. The van der Waals surface area contributed by atoms with Crippen molar-refractivity contribution < 1.29 is 4.79 Å². The van der Waals surface area contributed by atoms with Crippen LogP contribution in [0.25, 0.3) is 0 Å². The molecule has 2 heterocycles. The number of amides is 1. The third-order valence-corrected chi connectivity index (χ3v) is 4.21. The second kappa shape index (κ2) is 9.14. The zero-order chi connectivity index (χ0) is 20.8. The quantitative estimate of drug-likeness (QED) is 0.533. The van der Waals surface area contributed by atoms with Gasteiger partial charge in [-0.25, -0.2) is 15.0 Å². The first-order valence-corrected chi connectivity index (χ1v) is 9.55. The topological polar surface area (TPSA) is 91.8 Å². The number of hydrogen-bond acceptors (Lipinski definition) is 6. The standard InChI is InChI=1S/C22H26N6O/c1-14-5-6-23-19(12-14)28-21-13-20(26-17(4)27-21)24-7-8-25-22(29)18-10-15(2)9-16(3)11-18/h5-6,9-13H,7-8H2,1-4H3,(H,25,29)(H2,23,24,26,27,28). The van der Waals surface area contributed by atoms with Crippen molar-refractivity contribution in [2.45, 2.75) is 27.7 Å². The van der Waals surface area contributed by atoms with Crippen molar-refractivity contribution in [3.05, 3.63) is 70.7 Å². The Morgan fingerprint density at radius 1 is 0.828 bits per heavy atom. The summed E-state index contributed by atoms with van der Waals surface area (Å²) < 4.78 is 0. The van der Waals surface area contributed by atoms with Crippen molar-refractivity contribution in [2.24, 2.45) is 0 Å². The van der Waals surface area contributed by atoms with E-state index in [9.17, 15) is 4.79 Å². The number of nitrogens with zero attached hydrogens (tertiary/aromatic N) is 3. The second-order valence-corrected chi connectivity index (χ2v) is 7.09. The fraction of sp³-hybridized carbons (Fsp3) is 0.273. The SMILES string of the molecule is Cc1cc(C)cc(C(=O)NCCNc2cc(Nc3cc(C)ccn3)nc(C)n2)c1. The molecule has 0 aliphatic heterocycles. The van der Waals surface area contributed by atoms with Crippen LogP contribution in [0.2, 0.25) is 0 Å². The van der Waals surface area contributed by atoms with Gasteiger partial charge in [0.1, 0.15) is 23.3 Å². The maximum absolute atomic E-state index is 12.3. The van der Waals surface area contributed by atoms with Crippen LogP contribution >= 0.6 is 0 Å². The number of anilines is 3. The number of carbonyl (C=O) groups excluding carboxylic acids is 1. The number of aromatic nitrogens is 3. The zero-order valence-corrected chi connectivity index (χ0v) is 17.2. The molecule has 2 aromatic heterocycles. The normalized spacial score (nSPS) is 10.5. The summed E-state index contributed by atoms with van der Waals surface area (Å²) in [5.74, 6) is 2.65. The number of carbonyl (C=O) groups is 1. The summed E-state index contributed by atoms with van der Waals surface area (Å²) in [7, 11) is 0. The number of hydrogen-bond donors (Lipinski definition) is 3. The van der Waals surface area contributed by atoms with E-state index in [2.05, 4.69) is 30.9 Å². The first kappa shape index (κ1) is 20.3. The number of rotatable bonds is 7. The van der Waals surface area contributed by atoms with E-state index in [4.69, 9.17) is 0 Å². The summed E-state index contributed by atoms with van der Waals surface area (Å²) in [5.41, 5.74) is 3.95. The fourth-order valence-corrected chi connectivity index (χ4v) is 3.03. The summed E-state index contributed by atoms with van der Waals surface area (Å²) in [5, 5.41) is 9.35. The summed E-state index contributed by atoms with van der Waals surface area (Å²) in [6.07, 6.45) is 1.75. The van der Waals surface area contributed by atoms with Gasteiger partial charge >= 0.3 is 0 Å². The molecule has 0 bridgehead atoms. The summed E-state index contributed by atoms with van der Waals surface area (Å²) in [6.45, 7) is 8.85. The lowest BCUT2D eigenvalue weighted by Gasteiger charge is -2.11. The predicted molar refractivity (Wildman–Crippen MR) is 116 cm³/mol. The molecule has 0 saturated carbocycles. The molecular weight excluding hydrogens is 364 g/mol. The Bertz CT molecular complexity index is 998. The van der Waals surface area contributed by atoms with Gasteiger partial charge in [0.25, 0.3) is 5.91 Å². The highest BCUT2D eigenvalue weighted by Crippen LogP contribution is 2.16. The molecule has 3 N–H and O–H groups in total. The van der Waals surface area contributed by atoms with E-state index >= 15 is 0 Å². The van der Waals surface area contributed by atoms with E-state index in [0.29, 0.717) is 36.1 Å². The van der Waals surface area contributed by atoms with Gasteiger partial charge < -0.3 is 16.0 Å². The Kier molecular flexibility index (Phi) is 6.39. The molecule has 150 valence electrons. The lowest BCUT2D eigenvalue weighted by atomic mass is 10.1. The van der Waals surface area contributed by atoms with Gasteiger partial charge in [-0.2, -0.15) is 0 Å². The van der Waals surface area contributed by atoms with E-state index in [0.717, 1.165) is 22.5 Å². The van der Waals surface area contributed by atoms with E-state index in [-0.39, 0.29) is 5.91 Å². The van der Waals surface area contributed by atoms with Gasteiger partial charge in [-0.05, 0) is 57.5 Å². The van der Waals surface area contributed by atoms with Gasteiger partial charge in [-0.15, -0.1) is 0 Å². The third kappa shape index (κ3) is 6.00. The van der Waals surface area contributed by atoms with Gasteiger partial charge in [0.15, 0.2) is 0 Å². The smallest absolute Gasteiger partial charge is 0.251 e. The minimum Gasteiger partial charge on any atom is -0.368 e. The number of aryl methyl sites for hydroxylation is 4. The summed E-state index contributed by atoms with van der Waals surface area (Å²) in [6, 6.07) is 11.5. The molecule has 3 aromatic rings. The van der Waals surface area contributed by atoms with E-state index in [1.165, 1.54) is 0 Å². The molecule has 0 unspecified atom stereocenters. The summed E-state index contributed by atoms with van der Waals surface area (Å²) in [4.78, 5) is 25.4. The molecule has 0 atom stereocenters. The van der Waals surface area contributed by atoms with Crippen LogP contribution in [-0.2, 0) is 0 Å². The zero-order valence-electron chi connectivity index (χ0n) is 17.2. The molecular formula is C22H26N6O. The van der Waals surface area contributed by atoms with Crippen LogP contribution in [0.4, 0.5) is 17.5 Å². The first-order chi connectivity index (χ1) is 13.9. The van der Waals surface area contributed by atoms with Crippen molar-refractivity contribution in [3.63, 3.8) is 0 Å². The largest absolute Gasteiger partial charge is 0.368 e. The third-order valence-electron chi connectivity index (χ3n) is 4.21. The van der Waals surface area contributed by atoms with Crippen molar-refractivity contribution >= 4 is 23.4 Å². The Morgan fingerprint density at radius 3 is 2.28 bits per heavy atom. The molecule has 0 spiro atoms. The maximum atomic E-state index is 12.3. The average molecular weight is 390 g/mol. The van der Waals surface area contributed by atoms with Crippen molar-refractivity contribution in [2.75, 3.05) is 23.7 Å². The lowest BCUT2D eigenvalue weighted by Crippen LogP contribution is -2.29. The number of pyridine rings is 1. The van der Waals surface area contributed by atoms with Gasteiger partial charge in [0.2, 0.25) is 0 Å². The van der Waals surface area contributed by atoms with Gasteiger partial charge in [0, 0.05) is 30.9 Å². The minimum atomic E-state index is -0.0784. The van der Waals surface area contributed by atoms with Gasteiger partial charge in [0.05, 0.1) is 0 Å². The van der Waals surface area contributed by atoms with E-state index in [1.54, 1.807) is 6.20 Å². The second-order valence-electron chi connectivity index (χ2n) is 7.09. The molecule has 0 aliphatic rings.